The predicted octanol–water partition coefficient (Wildman–Crippen LogP) is 1.30. The van der Waals surface area contributed by atoms with Crippen LogP contribution in [0.3, 0.4) is 0 Å². The van der Waals surface area contributed by atoms with Crippen LogP contribution in [-0.4, -0.2) is 11.1 Å². The molecule has 11 heavy (non-hydrogen) atoms. The van der Waals surface area contributed by atoms with E-state index in [0.717, 1.165) is 5.56 Å². The first kappa shape index (κ1) is 7.78. The van der Waals surface area contributed by atoms with E-state index < -0.39 is 0 Å². The van der Waals surface area contributed by atoms with E-state index in [0.29, 0.717) is 6.42 Å². The lowest BCUT2D eigenvalue weighted by Crippen LogP contribution is -2.06. The van der Waals surface area contributed by atoms with Gasteiger partial charge >= 0.3 is 5.97 Å². The van der Waals surface area contributed by atoms with Crippen LogP contribution in [0.2, 0.25) is 0 Å². The minimum absolute atomic E-state index is 0.261. The fraction of sp³-hybridized carbons (Fsp3) is 0.429. The van der Waals surface area contributed by atoms with Crippen LogP contribution in [0.1, 0.15) is 18.9 Å². The van der Waals surface area contributed by atoms with Crippen LogP contribution in [0.4, 0.5) is 0 Å². The van der Waals surface area contributed by atoms with Gasteiger partial charge < -0.3 is 9.26 Å². The third-order valence-electron chi connectivity index (χ3n) is 1.20. The predicted molar refractivity (Wildman–Crippen MR) is 37.2 cm³/mol. The van der Waals surface area contributed by atoms with Crippen molar-refractivity contribution in [1.82, 2.24) is 5.16 Å². The van der Waals surface area contributed by atoms with E-state index in [2.05, 4.69) is 9.68 Å². The van der Waals surface area contributed by atoms with Gasteiger partial charge in [-0.1, -0.05) is 6.92 Å². The Morgan fingerprint density at radius 2 is 2.55 bits per heavy atom. The zero-order chi connectivity index (χ0) is 8.27. The van der Waals surface area contributed by atoms with Crippen LogP contribution in [0, 0.1) is 6.92 Å². The van der Waals surface area contributed by atoms with E-state index in [1.807, 2.05) is 0 Å². The van der Waals surface area contributed by atoms with Crippen LogP contribution in [0.15, 0.2) is 10.8 Å². The maximum atomic E-state index is 10.7. The average Bonchev–Trinajstić information content (AvgIpc) is 2.37. The summed E-state index contributed by atoms with van der Waals surface area (Å²) >= 11 is 0. The molecule has 1 rings (SSSR count). The monoisotopic (exact) mass is 155 g/mol. The van der Waals surface area contributed by atoms with Crippen molar-refractivity contribution in [3.05, 3.63) is 11.8 Å². The molecule has 0 unspecified atom stereocenters. The number of carbonyl (C=O) groups excluding carboxylic acids is 1. The number of hydrogen-bond acceptors (Lipinski definition) is 4. The Balaban J connectivity index is 2.64. The molecule has 0 saturated heterocycles. The molecule has 60 valence electrons. The molecule has 4 heteroatoms. The maximum Gasteiger partial charge on any atom is 0.312 e. The fourth-order valence-electron chi connectivity index (χ4n) is 0.555. The number of rotatable bonds is 2. The van der Waals surface area contributed by atoms with Crippen LogP contribution in [-0.2, 0) is 4.79 Å². The second-order valence-electron chi connectivity index (χ2n) is 2.13. The molecule has 0 aliphatic heterocycles. The summed E-state index contributed by atoms with van der Waals surface area (Å²) in [6.07, 6.45) is 1.77. The normalized spacial score (nSPS) is 9.64. The van der Waals surface area contributed by atoms with Crippen LogP contribution >= 0.6 is 0 Å². The molecule has 1 heterocycles. The van der Waals surface area contributed by atoms with Gasteiger partial charge in [0.15, 0.2) is 0 Å². The summed E-state index contributed by atoms with van der Waals surface area (Å²) in [4.78, 5) is 10.7. The van der Waals surface area contributed by atoms with Crippen molar-refractivity contribution >= 4 is 5.97 Å². The van der Waals surface area contributed by atoms with Gasteiger partial charge in [-0.25, -0.2) is 0 Å². The second kappa shape index (κ2) is 3.18. The highest BCUT2D eigenvalue weighted by molar-refractivity contribution is 5.71. The quantitative estimate of drug-likeness (QED) is 0.604. The van der Waals surface area contributed by atoms with E-state index in [4.69, 9.17) is 4.74 Å². The molecular formula is C7H9NO3. The zero-order valence-corrected chi connectivity index (χ0v) is 6.46. The molecular weight excluding hydrogens is 146 g/mol. The lowest BCUT2D eigenvalue weighted by Gasteiger charge is -1.95. The Kier molecular flexibility index (Phi) is 2.25. The second-order valence-corrected chi connectivity index (χ2v) is 2.13. The molecule has 0 atom stereocenters. The van der Waals surface area contributed by atoms with Crippen LogP contribution < -0.4 is 4.74 Å². The standard InChI is InChI=1S/C7H9NO3/c1-3-6(9)11-7-5(2)4-10-8-7/h4H,3H2,1-2H3. The van der Waals surface area contributed by atoms with Gasteiger partial charge in [-0.05, 0) is 12.1 Å². The zero-order valence-electron chi connectivity index (χ0n) is 6.46. The van der Waals surface area contributed by atoms with Gasteiger partial charge in [0.2, 0.25) is 0 Å². The summed E-state index contributed by atoms with van der Waals surface area (Å²) < 4.78 is 9.35. The van der Waals surface area contributed by atoms with Gasteiger partial charge in [-0.15, -0.1) is 0 Å². The molecule has 0 N–H and O–H groups in total. The summed E-state index contributed by atoms with van der Waals surface area (Å²) in [6.45, 7) is 3.48. The van der Waals surface area contributed by atoms with Crippen LogP contribution in [0.25, 0.3) is 0 Å². The lowest BCUT2D eigenvalue weighted by atomic mass is 10.4. The van der Waals surface area contributed by atoms with Crippen LogP contribution in [0.5, 0.6) is 5.88 Å². The van der Waals surface area contributed by atoms with Gasteiger partial charge in [0.25, 0.3) is 5.88 Å². The molecule has 4 nitrogen and oxygen atoms in total. The minimum Gasteiger partial charge on any atom is -0.404 e. The number of ether oxygens (including phenoxy) is 1. The maximum absolute atomic E-state index is 10.7. The molecule has 1 aromatic rings. The smallest absolute Gasteiger partial charge is 0.312 e. The third-order valence-corrected chi connectivity index (χ3v) is 1.20. The number of hydrogen-bond donors (Lipinski definition) is 0. The first-order chi connectivity index (χ1) is 5.24. The SMILES string of the molecule is CCC(=O)Oc1nocc1C. The highest BCUT2D eigenvalue weighted by Crippen LogP contribution is 2.13. The largest absolute Gasteiger partial charge is 0.404 e. The van der Waals surface area contributed by atoms with E-state index in [-0.39, 0.29) is 11.8 Å². The molecule has 0 bridgehead atoms. The Bertz CT molecular complexity index is 254. The third kappa shape index (κ3) is 1.80. The molecule has 0 amide bonds. The summed E-state index contributed by atoms with van der Waals surface area (Å²) in [5.41, 5.74) is 0.729. The number of aromatic nitrogens is 1. The highest BCUT2D eigenvalue weighted by atomic mass is 16.6. The van der Waals surface area contributed by atoms with Crippen molar-refractivity contribution in [3.8, 4) is 5.88 Å². The van der Waals surface area contributed by atoms with Crippen molar-refractivity contribution in [2.45, 2.75) is 20.3 Å². The van der Waals surface area contributed by atoms with Gasteiger partial charge in [0.05, 0.1) is 5.56 Å². The molecule has 0 fully saturated rings. The van der Waals surface area contributed by atoms with Crippen molar-refractivity contribution in [3.63, 3.8) is 0 Å². The molecule has 1 aromatic heterocycles. The average molecular weight is 155 g/mol. The lowest BCUT2D eigenvalue weighted by molar-refractivity contribution is -0.134. The van der Waals surface area contributed by atoms with Crippen molar-refractivity contribution in [1.29, 1.82) is 0 Å². The van der Waals surface area contributed by atoms with E-state index in [9.17, 15) is 4.79 Å². The molecule has 0 aliphatic carbocycles. The number of aryl methyl sites for hydroxylation is 1. The topological polar surface area (TPSA) is 52.3 Å². The van der Waals surface area contributed by atoms with Gasteiger partial charge in [-0.3, -0.25) is 4.79 Å². The molecule has 0 aromatic carbocycles. The van der Waals surface area contributed by atoms with Crippen molar-refractivity contribution in [2.75, 3.05) is 0 Å². The number of esters is 1. The molecule has 0 aliphatic rings. The Morgan fingerprint density at radius 1 is 1.82 bits per heavy atom. The summed E-state index contributed by atoms with van der Waals surface area (Å²) in [5.74, 6) is -0.0427. The number of carbonyl (C=O) groups is 1. The summed E-state index contributed by atoms with van der Waals surface area (Å²) in [5, 5.41) is 3.49. The fourth-order valence-corrected chi connectivity index (χ4v) is 0.555. The summed E-state index contributed by atoms with van der Waals surface area (Å²) in [7, 11) is 0. The van der Waals surface area contributed by atoms with Gasteiger partial charge in [-0.2, -0.15) is 0 Å². The first-order valence-corrected chi connectivity index (χ1v) is 3.35. The van der Waals surface area contributed by atoms with Gasteiger partial charge in [0.1, 0.15) is 6.26 Å². The number of nitrogens with zero attached hydrogens (tertiary/aromatic N) is 1. The van der Waals surface area contributed by atoms with Crippen molar-refractivity contribution < 1.29 is 14.1 Å². The molecule has 0 spiro atoms. The Hall–Kier alpha value is -1.32. The first-order valence-electron chi connectivity index (χ1n) is 3.35. The van der Waals surface area contributed by atoms with E-state index in [1.54, 1.807) is 13.8 Å². The van der Waals surface area contributed by atoms with Crippen molar-refractivity contribution in [2.24, 2.45) is 0 Å². The van der Waals surface area contributed by atoms with E-state index >= 15 is 0 Å². The Morgan fingerprint density at radius 3 is 3.00 bits per heavy atom. The molecule has 0 radical (unpaired) electrons. The van der Waals surface area contributed by atoms with Gasteiger partial charge in [0, 0.05) is 6.42 Å². The Labute approximate surface area is 64.1 Å². The summed E-state index contributed by atoms with van der Waals surface area (Å²) in [6, 6.07) is 0. The van der Waals surface area contributed by atoms with E-state index in [1.165, 1.54) is 6.26 Å². The highest BCUT2D eigenvalue weighted by Gasteiger charge is 2.07. The minimum atomic E-state index is -0.304. The molecule has 0 saturated carbocycles.